The van der Waals surface area contributed by atoms with Crippen LogP contribution in [-0.4, -0.2) is 8.07 Å². The minimum Gasteiger partial charge on any atom is -0.310 e. The summed E-state index contributed by atoms with van der Waals surface area (Å²) >= 11 is 0. The number of hydrogen-bond donors (Lipinski definition) is 0. The van der Waals surface area contributed by atoms with E-state index < -0.39 is 8.07 Å². The lowest BCUT2D eigenvalue weighted by Crippen LogP contribution is -2.70. The number of anilines is 3. The maximum absolute atomic E-state index is 2.64. The molecule has 2 aliphatic heterocycles. The molecule has 0 amide bonds. The van der Waals surface area contributed by atoms with Crippen molar-refractivity contribution in [2.45, 2.75) is 51.4 Å². The zero-order valence-electron chi connectivity index (χ0n) is 33.8. The van der Waals surface area contributed by atoms with Gasteiger partial charge in [0.1, 0.15) is 0 Å². The number of rotatable bonds is 5. The molecule has 2 heteroatoms. The van der Waals surface area contributed by atoms with Gasteiger partial charge in [-0.25, -0.2) is 0 Å². The first-order valence-electron chi connectivity index (χ1n) is 20.9. The predicted octanol–water partition coefficient (Wildman–Crippen LogP) is 12.2. The maximum Gasteiger partial charge on any atom is 0.182 e. The van der Waals surface area contributed by atoms with Gasteiger partial charge in [0, 0.05) is 16.9 Å². The fourth-order valence-electron chi connectivity index (χ4n) is 10.8. The van der Waals surface area contributed by atoms with Crippen LogP contribution in [0.2, 0.25) is 0 Å². The fourth-order valence-corrected chi connectivity index (χ4v) is 16.4. The summed E-state index contributed by atoms with van der Waals surface area (Å²) in [7, 11) is -2.64. The van der Waals surface area contributed by atoms with Gasteiger partial charge in [-0.05, 0) is 125 Å². The van der Waals surface area contributed by atoms with E-state index in [1.165, 1.54) is 94.9 Å². The topological polar surface area (TPSA) is 3.24 Å². The second-order valence-corrected chi connectivity index (χ2v) is 21.6. The van der Waals surface area contributed by atoms with Crippen molar-refractivity contribution in [2.75, 3.05) is 4.90 Å². The average Bonchev–Trinajstić information content (AvgIpc) is 3.73. The zero-order chi connectivity index (χ0) is 39.2. The highest BCUT2D eigenvalue weighted by Gasteiger charge is 2.54. The molecule has 8 aromatic rings. The normalized spacial score (nSPS) is 15.9. The highest BCUT2D eigenvalue weighted by atomic mass is 28.3. The van der Waals surface area contributed by atoms with Gasteiger partial charge < -0.3 is 4.90 Å². The Morgan fingerprint density at radius 3 is 1.52 bits per heavy atom. The molecule has 1 nitrogen and oxygen atoms in total. The molecule has 0 atom stereocenters. The Kier molecular flexibility index (Phi) is 7.78. The number of fused-ring (bicyclic) bond motifs is 11. The van der Waals surface area contributed by atoms with Crippen LogP contribution >= 0.6 is 0 Å². The smallest absolute Gasteiger partial charge is 0.182 e. The van der Waals surface area contributed by atoms with Crippen molar-refractivity contribution in [3.05, 3.63) is 199 Å². The Bertz CT molecular complexity index is 2850. The van der Waals surface area contributed by atoms with Crippen molar-refractivity contribution in [1.82, 2.24) is 0 Å². The first-order valence-corrected chi connectivity index (χ1v) is 22.9. The van der Waals surface area contributed by atoms with Crippen LogP contribution in [0.3, 0.4) is 0 Å². The van der Waals surface area contributed by atoms with Gasteiger partial charge in [-0.15, -0.1) is 0 Å². The van der Waals surface area contributed by atoms with Crippen LogP contribution in [-0.2, 0) is 10.8 Å². The van der Waals surface area contributed by atoms with Crippen LogP contribution in [0.1, 0.15) is 51.7 Å². The Morgan fingerprint density at radius 2 is 0.862 bits per heavy atom. The minimum absolute atomic E-state index is 0.137. The lowest BCUT2D eigenvalue weighted by Gasteiger charge is -2.42. The molecule has 8 aromatic carbocycles. The summed E-state index contributed by atoms with van der Waals surface area (Å²) in [6.07, 6.45) is 2.41. The Balaban J connectivity index is 1.15. The zero-order valence-corrected chi connectivity index (χ0v) is 34.8. The second kappa shape index (κ2) is 12.9. The van der Waals surface area contributed by atoms with E-state index in [4.69, 9.17) is 0 Å². The molecule has 0 radical (unpaired) electrons. The predicted molar refractivity (Wildman–Crippen MR) is 249 cm³/mol. The first kappa shape index (κ1) is 35.0. The third-order valence-electron chi connectivity index (χ3n) is 13.8. The van der Waals surface area contributed by atoms with Crippen molar-refractivity contribution in [3.63, 3.8) is 0 Å². The van der Waals surface area contributed by atoms with Gasteiger partial charge in [0.05, 0.1) is 5.69 Å². The molecule has 1 spiro atoms. The van der Waals surface area contributed by atoms with Gasteiger partial charge >= 0.3 is 0 Å². The molecule has 0 N–H and O–H groups in total. The van der Waals surface area contributed by atoms with Crippen molar-refractivity contribution < 1.29 is 0 Å². The Labute approximate surface area is 344 Å². The average molecular weight is 762 g/mol. The number of nitrogens with zero attached hydrogens (tertiary/aromatic N) is 1. The molecule has 3 aliphatic rings. The largest absolute Gasteiger partial charge is 0.310 e. The van der Waals surface area contributed by atoms with Gasteiger partial charge in [0.15, 0.2) is 8.07 Å². The lowest BCUT2D eigenvalue weighted by molar-refractivity contribution is 0.332. The van der Waals surface area contributed by atoms with Gasteiger partial charge in [-0.3, -0.25) is 0 Å². The van der Waals surface area contributed by atoms with E-state index in [-0.39, 0.29) is 10.8 Å². The monoisotopic (exact) mass is 761 g/mol. The van der Waals surface area contributed by atoms with Gasteiger partial charge in [-0.2, -0.15) is 0 Å². The van der Waals surface area contributed by atoms with Crippen molar-refractivity contribution in [3.8, 4) is 44.5 Å². The van der Waals surface area contributed by atoms with Crippen molar-refractivity contribution in [1.29, 1.82) is 0 Å². The molecule has 0 bridgehead atoms. The van der Waals surface area contributed by atoms with Crippen LogP contribution < -0.4 is 25.6 Å². The van der Waals surface area contributed by atoms with E-state index in [2.05, 4.69) is 221 Å². The van der Waals surface area contributed by atoms with E-state index in [9.17, 15) is 0 Å². The van der Waals surface area contributed by atoms with Crippen LogP contribution in [0.4, 0.5) is 17.1 Å². The molecule has 2 heterocycles. The molecular formula is C56H47NSi. The van der Waals surface area contributed by atoms with E-state index >= 15 is 0 Å². The molecule has 0 fully saturated rings. The molecule has 1 aliphatic carbocycles. The fraction of sp³-hybridized carbons (Fsp3) is 0.143. The van der Waals surface area contributed by atoms with Crippen LogP contribution in [0.5, 0.6) is 0 Å². The lowest BCUT2D eigenvalue weighted by atomic mass is 9.63. The van der Waals surface area contributed by atoms with E-state index in [0.29, 0.717) is 0 Å². The summed E-state index contributed by atoms with van der Waals surface area (Å²) in [5, 5.41) is 5.96. The van der Waals surface area contributed by atoms with Gasteiger partial charge in [0.2, 0.25) is 0 Å². The standard InChI is InChI=1S/C56H47NSi/c1-55(2)33-34-56(3,4)49-36-40(29-32-48(49)55)39-19-16-20-41(35-39)57(50-25-12-8-21-43(50)38-17-6-5-7-18-38)42-30-31-47-46-24-11-15-28-53(46)58(54(47)37-42)51-26-13-9-22-44(51)45-23-10-14-27-52(45)58/h5-32,35-37H,33-34H2,1-4H3. The van der Waals surface area contributed by atoms with Gasteiger partial charge in [0.25, 0.3) is 0 Å². The molecule has 0 aromatic heterocycles. The summed E-state index contributed by atoms with van der Waals surface area (Å²) in [5.74, 6) is 0. The second-order valence-electron chi connectivity index (χ2n) is 17.9. The minimum atomic E-state index is -2.64. The highest BCUT2D eigenvalue weighted by molar-refractivity contribution is 7.24. The molecule has 11 rings (SSSR count). The number of hydrogen-bond acceptors (Lipinski definition) is 1. The number of para-hydroxylation sites is 1. The Morgan fingerprint density at radius 1 is 0.362 bits per heavy atom. The number of benzene rings is 8. The summed E-state index contributed by atoms with van der Waals surface area (Å²) in [6, 6.07) is 71.4. The molecule has 0 saturated heterocycles. The molecule has 58 heavy (non-hydrogen) atoms. The van der Waals surface area contributed by atoms with Gasteiger partial charge in [-0.1, -0.05) is 185 Å². The summed E-state index contributed by atoms with van der Waals surface area (Å²) in [4.78, 5) is 2.52. The van der Waals surface area contributed by atoms with E-state index in [1.54, 1.807) is 0 Å². The van der Waals surface area contributed by atoms with Crippen LogP contribution in [0.15, 0.2) is 188 Å². The van der Waals surface area contributed by atoms with Crippen molar-refractivity contribution in [2.24, 2.45) is 0 Å². The molecular weight excluding hydrogens is 715 g/mol. The third-order valence-corrected chi connectivity index (χ3v) is 18.7. The summed E-state index contributed by atoms with van der Waals surface area (Å²) in [5.41, 5.74) is 17.2. The Hall–Kier alpha value is -6.22. The molecule has 0 saturated carbocycles. The maximum atomic E-state index is 2.57. The first-order chi connectivity index (χ1) is 28.3. The third kappa shape index (κ3) is 5.07. The highest BCUT2D eigenvalue weighted by Crippen LogP contribution is 2.48. The van der Waals surface area contributed by atoms with Crippen LogP contribution in [0, 0.1) is 0 Å². The molecule has 0 unspecified atom stereocenters. The summed E-state index contributed by atoms with van der Waals surface area (Å²) < 4.78 is 0. The quantitative estimate of drug-likeness (QED) is 0.158. The van der Waals surface area contributed by atoms with Crippen molar-refractivity contribution >= 4 is 45.9 Å². The summed E-state index contributed by atoms with van der Waals surface area (Å²) in [6.45, 7) is 9.67. The van der Waals surface area contributed by atoms with E-state index in [0.717, 1.165) is 11.4 Å². The molecule has 280 valence electrons. The van der Waals surface area contributed by atoms with Crippen LogP contribution in [0.25, 0.3) is 44.5 Å². The van der Waals surface area contributed by atoms with E-state index in [1.807, 2.05) is 0 Å². The SMILES string of the molecule is CC1(C)CCC(C)(C)c2cc(-c3cccc(N(c4ccc5c(c4)[Si]4(c6ccccc6-c6ccccc64)c4ccccc4-5)c4ccccc4-c4ccccc4)c3)ccc21.